The fourth-order valence-electron chi connectivity index (χ4n) is 3.67. The van der Waals surface area contributed by atoms with Crippen LogP contribution in [0.5, 0.6) is 0 Å². The highest BCUT2D eigenvalue weighted by atomic mass is 14.7. The first-order chi connectivity index (χ1) is 12.3. The molecule has 0 bridgehead atoms. The molecule has 2 nitrogen and oxygen atoms in total. The van der Waals surface area contributed by atoms with Gasteiger partial charge in [0.2, 0.25) is 0 Å². The minimum absolute atomic E-state index is 0.957. The molecule has 2 heterocycles. The molecule has 25 heavy (non-hydrogen) atoms. The predicted octanol–water partition coefficient (Wildman–Crippen LogP) is 5.91. The van der Waals surface area contributed by atoms with Gasteiger partial charge in [-0.2, -0.15) is 0 Å². The molecule has 2 heteroatoms. The van der Waals surface area contributed by atoms with Crippen LogP contribution in [0.3, 0.4) is 0 Å². The Kier molecular flexibility index (Phi) is 3.04. The highest BCUT2D eigenvalue weighted by Gasteiger charge is 2.11. The van der Waals surface area contributed by atoms with E-state index in [0.717, 1.165) is 21.8 Å². The summed E-state index contributed by atoms with van der Waals surface area (Å²) in [5, 5.41) is 4.83. The number of hydrogen-bond acceptors (Lipinski definition) is 2. The van der Waals surface area contributed by atoms with Crippen LogP contribution in [0.25, 0.3) is 43.7 Å². The van der Waals surface area contributed by atoms with Crippen LogP contribution in [-0.2, 0) is 0 Å². The molecule has 0 saturated carbocycles. The number of nitrogens with zero attached hydrogens (tertiary/aromatic N) is 2. The number of aryl methyl sites for hydroxylation is 1. The van der Waals surface area contributed by atoms with Crippen LogP contribution < -0.4 is 0 Å². The molecule has 118 valence electrons. The van der Waals surface area contributed by atoms with E-state index in [4.69, 9.17) is 0 Å². The maximum Gasteiger partial charge on any atom is 0.0970 e. The molecule has 0 unspecified atom stereocenters. The van der Waals surface area contributed by atoms with Gasteiger partial charge in [-0.1, -0.05) is 54.6 Å². The Bertz CT molecular complexity index is 1260. The van der Waals surface area contributed by atoms with Gasteiger partial charge >= 0.3 is 0 Å². The average Bonchev–Trinajstić information content (AvgIpc) is 2.68. The van der Waals surface area contributed by atoms with E-state index < -0.39 is 0 Å². The van der Waals surface area contributed by atoms with Crippen molar-refractivity contribution in [1.82, 2.24) is 9.97 Å². The van der Waals surface area contributed by atoms with Gasteiger partial charge in [-0.05, 0) is 46.5 Å². The van der Waals surface area contributed by atoms with Crippen LogP contribution in [0.15, 0.2) is 79.1 Å². The Morgan fingerprint density at radius 2 is 1.36 bits per heavy atom. The molecule has 0 fully saturated rings. The molecule has 0 atom stereocenters. The van der Waals surface area contributed by atoms with Gasteiger partial charge < -0.3 is 0 Å². The third-order valence-electron chi connectivity index (χ3n) is 4.92. The molecule has 0 amide bonds. The third kappa shape index (κ3) is 2.11. The average molecular weight is 320 g/mol. The summed E-state index contributed by atoms with van der Waals surface area (Å²) < 4.78 is 0. The van der Waals surface area contributed by atoms with Crippen molar-refractivity contribution in [3.8, 4) is 11.1 Å². The Morgan fingerprint density at radius 1 is 0.560 bits per heavy atom. The molecule has 5 rings (SSSR count). The molecule has 0 spiro atoms. The van der Waals surface area contributed by atoms with Gasteiger partial charge in [-0.15, -0.1) is 0 Å². The van der Waals surface area contributed by atoms with Crippen molar-refractivity contribution in [3.63, 3.8) is 0 Å². The lowest BCUT2D eigenvalue weighted by Crippen LogP contribution is -1.89. The van der Waals surface area contributed by atoms with E-state index in [-0.39, 0.29) is 0 Å². The number of aromatic nitrogens is 2. The van der Waals surface area contributed by atoms with E-state index in [1.54, 1.807) is 0 Å². The summed E-state index contributed by atoms with van der Waals surface area (Å²) in [6.07, 6.45) is 3.72. The Balaban J connectivity index is 1.91. The molecule has 3 aromatic carbocycles. The molecule has 0 radical (unpaired) electrons. The first kappa shape index (κ1) is 14.1. The lowest BCUT2D eigenvalue weighted by molar-refractivity contribution is 1.37. The van der Waals surface area contributed by atoms with E-state index in [1.165, 1.54) is 27.5 Å². The highest BCUT2D eigenvalue weighted by molar-refractivity contribution is 6.11. The number of benzene rings is 3. The number of pyridine rings is 2. The van der Waals surface area contributed by atoms with Crippen LogP contribution >= 0.6 is 0 Å². The van der Waals surface area contributed by atoms with E-state index in [2.05, 4.69) is 77.6 Å². The zero-order chi connectivity index (χ0) is 16.8. The normalized spacial score (nSPS) is 11.4. The summed E-state index contributed by atoms with van der Waals surface area (Å²) in [6, 6.07) is 23.4. The quantitative estimate of drug-likeness (QED) is 0.359. The third-order valence-corrected chi connectivity index (χ3v) is 4.92. The van der Waals surface area contributed by atoms with Crippen molar-refractivity contribution in [2.45, 2.75) is 6.92 Å². The van der Waals surface area contributed by atoms with Gasteiger partial charge in [-0.3, -0.25) is 9.97 Å². The minimum atomic E-state index is 0.957. The summed E-state index contributed by atoms with van der Waals surface area (Å²) in [4.78, 5) is 9.19. The van der Waals surface area contributed by atoms with Crippen molar-refractivity contribution < 1.29 is 0 Å². The standard InChI is InChI=1S/C23H16N2/c1-15-8-10-19(18-7-3-2-6-17(15)18)20-12-14-25-23-21(20)11-9-16-5-4-13-24-22(16)23/h2-14H,1H3. The van der Waals surface area contributed by atoms with Crippen LogP contribution in [0, 0.1) is 6.92 Å². The topological polar surface area (TPSA) is 25.8 Å². The summed E-state index contributed by atoms with van der Waals surface area (Å²) in [5.41, 5.74) is 5.65. The van der Waals surface area contributed by atoms with Crippen molar-refractivity contribution in [2.24, 2.45) is 0 Å². The SMILES string of the molecule is Cc1ccc(-c2ccnc3c2ccc2cccnc23)c2ccccc12. The van der Waals surface area contributed by atoms with Crippen LogP contribution in [-0.4, -0.2) is 9.97 Å². The summed E-state index contributed by atoms with van der Waals surface area (Å²) in [6.45, 7) is 2.16. The lowest BCUT2D eigenvalue weighted by Gasteiger charge is -2.12. The fraction of sp³-hybridized carbons (Fsp3) is 0.0435. The maximum atomic E-state index is 4.63. The molecule has 0 N–H and O–H groups in total. The lowest BCUT2D eigenvalue weighted by atomic mass is 9.93. The van der Waals surface area contributed by atoms with Crippen molar-refractivity contribution in [2.75, 3.05) is 0 Å². The Labute approximate surface area is 145 Å². The molecule has 2 aromatic heterocycles. The van der Waals surface area contributed by atoms with E-state index in [9.17, 15) is 0 Å². The monoisotopic (exact) mass is 320 g/mol. The second kappa shape index (κ2) is 5.38. The number of hydrogen-bond donors (Lipinski definition) is 0. The first-order valence-electron chi connectivity index (χ1n) is 8.44. The van der Waals surface area contributed by atoms with Crippen molar-refractivity contribution in [1.29, 1.82) is 0 Å². The summed E-state index contributed by atoms with van der Waals surface area (Å²) >= 11 is 0. The zero-order valence-corrected chi connectivity index (χ0v) is 13.9. The smallest absolute Gasteiger partial charge is 0.0970 e. The molecular weight excluding hydrogens is 304 g/mol. The largest absolute Gasteiger partial charge is 0.254 e. The Hall–Kier alpha value is -3.26. The molecule has 0 aliphatic carbocycles. The predicted molar refractivity (Wildman–Crippen MR) is 105 cm³/mol. The van der Waals surface area contributed by atoms with E-state index in [0.29, 0.717) is 0 Å². The van der Waals surface area contributed by atoms with E-state index >= 15 is 0 Å². The minimum Gasteiger partial charge on any atom is -0.254 e. The van der Waals surface area contributed by atoms with Crippen LogP contribution in [0.1, 0.15) is 5.56 Å². The second-order valence-electron chi connectivity index (χ2n) is 6.37. The number of rotatable bonds is 1. The van der Waals surface area contributed by atoms with Gasteiger partial charge in [0.05, 0.1) is 11.0 Å². The number of fused-ring (bicyclic) bond motifs is 4. The van der Waals surface area contributed by atoms with Gasteiger partial charge in [0.1, 0.15) is 0 Å². The summed E-state index contributed by atoms with van der Waals surface area (Å²) in [7, 11) is 0. The summed E-state index contributed by atoms with van der Waals surface area (Å²) in [5.74, 6) is 0. The molecule has 0 saturated heterocycles. The second-order valence-corrected chi connectivity index (χ2v) is 6.37. The van der Waals surface area contributed by atoms with Gasteiger partial charge in [-0.25, -0.2) is 0 Å². The first-order valence-corrected chi connectivity index (χ1v) is 8.44. The van der Waals surface area contributed by atoms with Gasteiger partial charge in [0.25, 0.3) is 0 Å². The highest BCUT2D eigenvalue weighted by Crippen LogP contribution is 2.35. The molecular formula is C23H16N2. The van der Waals surface area contributed by atoms with Gasteiger partial charge in [0, 0.05) is 23.2 Å². The van der Waals surface area contributed by atoms with Crippen molar-refractivity contribution >= 4 is 32.6 Å². The maximum absolute atomic E-state index is 4.63. The van der Waals surface area contributed by atoms with Gasteiger partial charge in [0.15, 0.2) is 0 Å². The fourth-order valence-corrected chi connectivity index (χ4v) is 3.67. The molecule has 0 aliphatic rings. The molecule has 0 aliphatic heterocycles. The van der Waals surface area contributed by atoms with E-state index in [1.807, 2.05) is 18.5 Å². The molecule has 5 aromatic rings. The Morgan fingerprint density at radius 3 is 2.28 bits per heavy atom. The zero-order valence-electron chi connectivity index (χ0n) is 13.9. The van der Waals surface area contributed by atoms with Crippen molar-refractivity contribution in [3.05, 3.63) is 84.7 Å². The van der Waals surface area contributed by atoms with Crippen LogP contribution in [0.4, 0.5) is 0 Å². The van der Waals surface area contributed by atoms with Crippen LogP contribution in [0.2, 0.25) is 0 Å².